The lowest BCUT2D eigenvalue weighted by Crippen LogP contribution is -2.28. The molecule has 1 unspecified atom stereocenters. The van der Waals surface area contributed by atoms with Crippen LogP contribution in [0.1, 0.15) is 12.0 Å². The summed E-state index contributed by atoms with van der Waals surface area (Å²) < 4.78 is 0. The maximum Gasteiger partial charge on any atom is 0.128 e. The van der Waals surface area contributed by atoms with Crippen LogP contribution in [-0.2, 0) is 5.60 Å². The molecule has 1 heterocycles. The quantitative estimate of drug-likeness (QED) is 0.704. The highest BCUT2D eigenvalue weighted by molar-refractivity contribution is 5.83. The molecule has 3 N–H and O–H groups in total. The molecular weight excluding hydrogens is 164 g/mol. The third kappa shape index (κ3) is 1.26. The fourth-order valence-corrected chi connectivity index (χ4v) is 1.62. The molecule has 3 nitrogen and oxygen atoms in total. The Kier molecular flexibility index (Phi) is 1.90. The summed E-state index contributed by atoms with van der Waals surface area (Å²) in [5, 5.41) is 10.1. The standard InChI is InChI=1S/C10H12N2O/c11-6-5-10(13)7-12-9-4-2-1-3-8(9)10/h1-4,7,13H,5-6,11H2. The Morgan fingerprint density at radius 3 is 2.92 bits per heavy atom. The average molecular weight is 176 g/mol. The molecule has 0 bridgehead atoms. The zero-order chi connectivity index (χ0) is 9.31. The number of hydrogen-bond donors (Lipinski definition) is 2. The van der Waals surface area contributed by atoms with Gasteiger partial charge < -0.3 is 10.8 Å². The molecule has 0 saturated carbocycles. The van der Waals surface area contributed by atoms with E-state index in [-0.39, 0.29) is 0 Å². The SMILES string of the molecule is NCCC1(O)C=Nc2ccccc21. The first kappa shape index (κ1) is 8.41. The van der Waals surface area contributed by atoms with Gasteiger partial charge in [0.2, 0.25) is 0 Å². The predicted molar refractivity (Wildman–Crippen MR) is 52.2 cm³/mol. The van der Waals surface area contributed by atoms with Gasteiger partial charge in [-0.3, -0.25) is 4.99 Å². The van der Waals surface area contributed by atoms with Crippen LogP contribution < -0.4 is 5.73 Å². The smallest absolute Gasteiger partial charge is 0.128 e. The Hall–Kier alpha value is -1.19. The van der Waals surface area contributed by atoms with Crippen LogP contribution in [0, 0.1) is 0 Å². The number of benzene rings is 1. The van der Waals surface area contributed by atoms with Gasteiger partial charge in [0.15, 0.2) is 0 Å². The monoisotopic (exact) mass is 176 g/mol. The number of aliphatic hydroxyl groups is 1. The van der Waals surface area contributed by atoms with E-state index in [0.29, 0.717) is 13.0 Å². The Balaban J connectivity index is 2.42. The minimum absolute atomic E-state index is 0.455. The molecule has 1 aromatic carbocycles. The molecule has 2 rings (SSSR count). The van der Waals surface area contributed by atoms with Crippen molar-refractivity contribution in [2.75, 3.05) is 6.54 Å². The Morgan fingerprint density at radius 1 is 1.38 bits per heavy atom. The third-order valence-corrected chi connectivity index (χ3v) is 2.31. The minimum Gasteiger partial charge on any atom is -0.379 e. The molecule has 1 aliphatic rings. The number of para-hydroxylation sites is 1. The van der Waals surface area contributed by atoms with Gasteiger partial charge in [0.1, 0.15) is 5.60 Å². The summed E-state index contributed by atoms with van der Waals surface area (Å²) in [6.07, 6.45) is 2.10. The fourth-order valence-electron chi connectivity index (χ4n) is 1.62. The van der Waals surface area contributed by atoms with Crippen molar-refractivity contribution < 1.29 is 5.11 Å². The summed E-state index contributed by atoms with van der Waals surface area (Å²) in [6, 6.07) is 7.58. The maximum atomic E-state index is 10.1. The molecule has 0 fully saturated rings. The number of rotatable bonds is 2. The largest absolute Gasteiger partial charge is 0.379 e. The molecule has 0 saturated heterocycles. The number of hydrogen-bond acceptors (Lipinski definition) is 3. The Bertz CT molecular complexity index is 349. The summed E-state index contributed by atoms with van der Waals surface area (Å²) in [5.41, 5.74) is 6.20. The molecule has 68 valence electrons. The number of nitrogens with two attached hydrogens (primary N) is 1. The molecule has 1 atom stereocenters. The van der Waals surface area contributed by atoms with E-state index in [2.05, 4.69) is 4.99 Å². The maximum absolute atomic E-state index is 10.1. The first-order valence-electron chi connectivity index (χ1n) is 4.33. The predicted octanol–water partition coefficient (Wildman–Crippen LogP) is 0.939. The van der Waals surface area contributed by atoms with Gasteiger partial charge in [-0.15, -0.1) is 0 Å². The topological polar surface area (TPSA) is 58.6 Å². The molecule has 1 aromatic rings. The number of fused-ring (bicyclic) bond motifs is 1. The van der Waals surface area contributed by atoms with E-state index in [1.807, 2.05) is 24.3 Å². The molecule has 0 aliphatic carbocycles. The van der Waals surface area contributed by atoms with Crippen molar-refractivity contribution in [3.05, 3.63) is 29.8 Å². The summed E-state index contributed by atoms with van der Waals surface area (Å²) in [7, 11) is 0. The van der Waals surface area contributed by atoms with Gasteiger partial charge in [0, 0.05) is 11.8 Å². The second kappa shape index (κ2) is 2.94. The van der Waals surface area contributed by atoms with Crippen LogP contribution in [0.15, 0.2) is 29.3 Å². The first-order valence-corrected chi connectivity index (χ1v) is 4.33. The van der Waals surface area contributed by atoms with Crippen molar-refractivity contribution in [2.45, 2.75) is 12.0 Å². The summed E-state index contributed by atoms with van der Waals surface area (Å²) in [6.45, 7) is 0.455. The van der Waals surface area contributed by atoms with Crippen LogP contribution in [0.5, 0.6) is 0 Å². The summed E-state index contributed by atoms with van der Waals surface area (Å²) in [4.78, 5) is 4.14. The van der Waals surface area contributed by atoms with Gasteiger partial charge in [-0.05, 0) is 19.0 Å². The molecule has 0 aromatic heterocycles. The van der Waals surface area contributed by atoms with Gasteiger partial charge >= 0.3 is 0 Å². The zero-order valence-electron chi connectivity index (χ0n) is 7.27. The van der Waals surface area contributed by atoms with Crippen molar-refractivity contribution in [3.63, 3.8) is 0 Å². The third-order valence-electron chi connectivity index (χ3n) is 2.31. The van der Waals surface area contributed by atoms with Crippen LogP contribution >= 0.6 is 0 Å². The normalized spacial score (nSPS) is 24.8. The van der Waals surface area contributed by atoms with Crippen LogP contribution in [-0.4, -0.2) is 17.9 Å². The molecule has 0 radical (unpaired) electrons. The fraction of sp³-hybridized carbons (Fsp3) is 0.300. The lowest BCUT2D eigenvalue weighted by molar-refractivity contribution is 0.113. The van der Waals surface area contributed by atoms with Crippen molar-refractivity contribution in [3.8, 4) is 0 Å². The summed E-state index contributed by atoms with van der Waals surface area (Å²) >= 11 is 0. The molecule has 0 spiro atoms. The van der Waals surface area contributed by atoms with E-state index in [1.165, 1.54) is 0 Å². The van der Waals surface area contributed by atoms with E-state index in [9.17, 15) is 5.11 Å². The highest BCUT2D eigenvalue weighted by Crippen LogP contribution is 2.36. The first-order chi connectivity index (χ1) is 6.26. The second-order valence-electron chi connectivity index (χ2n) is 3.24. The van der Waals surface area contributed by atoms with Gasteiger partial charge in [0.25, 0.3) is 0 Å². The Morgan fingerprint density at radius 2 is 2.15 bits per heavy atom. The van der Waals surface area contributed by atoms with E-state index >= 15 is 0 Å². The highest BCUT2D eigenvalue weighted by atomic mass is 16.3. The molecule has 13 heavy (non-hydrogen) atoms. The number of nitrogens with zero attached hydrogens (tertiary/aromatic N) is 1. The van der Waals surface area contributed by atoms with Crippen molar-refractivity contribution in [1.82, 2.24) is 0 Å². The number of aliphatic imine (C=N–C) groups is 1. The van der Waals surface area contributed by atoms with Crippen LogP contribution in [0.3, 0.4) is 0 Å². The average Bonchev–Trinajstić information content (AvgIpc) is 2.46. The molecule has 0 amide bonds. The van der Waals surface area contributed by atoms with Crippen LogP contribution in [0.25, 0.3) is 0 Å². The van der Waals surface area contributed by atoms with E-state index in [0.717, 1.165) is 11.3 Å². The van der Waals surface area contributed by atoms with Crippen molar-refractivity contribution >= 4 is 11.9 Å². The molecule has 3 heteroatoms. The van der Waals surface area contributed by atoms with Crippen molar-refractivity contribution in [1.29, 1.82) is 0 Å². The van der Waals surface area contributed by atoms with E-state index in [1.54, 1.807) is 6.21 Å². The van der Waals surface area contributed by atoms with Gasteiger partial charge in [-0.25, -0.2) is 0 Å². The zero-order valence-corrected chi connectivity index (χ0v) is 7.27. The lowest BCUT2D eigenvalue weighted by Gasteiger charge is -2.19. The van der Waals surface area contributed by atoms with Gasteiger partial charge in [-0.2, -0.15) is 0 Å². The highest BCUT2D eigenvalue weighted by Gasteiger charge is 2.32. The van der Waals surface area contributed by atoms with Gasteiger partial charge in [-0.1, -0.05) is 18.2 Å². The minimum atomic E-state index is -0.939. The molecular formula is C10H12N2O. The lowest BCUT2D eigenvalue weighted by atomic mass is 9.93. The molecule has 1 aliphatic heterocycles. The van der Waals surface area contributed by atoms with E-state index < -0.39 is 5.60 Å². The van der Waals surface area contributed by atoms with Gasteiger partial charge in [0.05, 0.1) is 5.69 Å². The van der Waals surface area contributed by atoms with Crippen LogP contribution in [0.4, 0.5) is 5.69 Å². The Labute approximate surface area is 76.9 Å². The second-order valence-corrected chi connectivity index (χ2v) is 3.24. The van der Waals surface area contributed by atoms with E-state index in [4.69, 9.17) is 5.73 Å². The summed E-state index contributed by atoms with van der Waals surface area (Å²) in [5.74, 6) is 0. The van der Waals surface area contributed by atoms with Crippen molar-refractivity contribution in [2.24, 2.45) is 10.7 Å². The van der Waals surface area contributed by atoms with Crippen LogP contribution in [0.2, 0.25) is 0 Å².